The van der Waals surface area contributed by atoms with Gasteiger partial charge in [0.2, 0.25) is 10.9 Å². The van der Waals surface area contributed by atoms with Crippen molar-refractivity contribution in [3.8, 4) is 22.8 Å². The highest BCUT2D eigenvalue weighted by Gasteiger charge is 2.22. The van der Waals surface area contributed by atoms with Crippen molar-refractivity contribution in [2.75, 3.05) is 14.2 Å². The zero-order valence-corrected chi connectivity index (χ0v) is 15.8. The third-order valence-corrected chi connectivity index (χ3v) is 5.42. The zero-order chi connectivity index (χ0) is 19.0. The molecule has 1 N–H and O–H groups in total. The second-order valence-electron chi connectivity index (χ2n) is 6.42. The largest absolute Gasteiger partial charge is 0.493 e. The monoisotopic (exact) mass is 385 g/mol. The molecule has 140 valence electrons. The van der Waals surface area contributed by atoms with Gasteiger partial charge in [0, 0.05) is 23.1 Å². The molecule has 0 radical (unpaired) electrons. The van der Waals surface area contributed by atoms with Crippen LogP contribution in [0.3, 0.4) is 0 Å². The van der Waals surface area contributed by atoms with Gasteiger partial charge in [-0.15, -0.1) is 0 Å². The molecule has 0 spiro atoms. The van der Waals surface area contributed by atoms with E-state index < -0.39 is 10.9 Å². The predicted molar refractivity (Wildman–Crippen MR) is 103 cm³/mol. The van der Waals surface area contributed by atoms with Crippen molar-refractivity contribution in [1.82, 2.24) is 14.7 Å². The van der Waals surface area contributed by atoms with E-state index in [1.165, 1.54) is 6.33 Å². The summed E-state index contributed by atoms with van der Waals surface area (Å²) in [5, 5.41) is 0.866. The van der Waals surface area contributed by atoms with Gasteiger partial charge in [-0.05, 0) is 36.1 Å². The van der Waals surface area contributed by atoms with Crippen LogP contribution in [0.25, 0.3) is 22.2 Å². The first-order valence-electron chi connectivity index (χ1n) is 8.48. The summed E-state index contributed by atoms with van der Waals surface area (Å²) in [6.45, 7) is 0. The second kappa shape index (κ2) is 7.13. The van der Waals surface area contributed by atoms with Crippen LogP contribution in [0.2, 0.25) is 0 Å². The Hall–Kier alpha value is -2.71. The average molecular weight is 385 g/mol. The number of methoxy groups -OCH3 is 2. The van der Waals surface area contributed by atoms with E-state index >= 15 is 0 Å². The van der Waals surface area contributed by atoms with Crippen LogP contribution in [-0.2, 0) is 23.7 Å². The third kappa shape index (κ3) is 3.33. The van der Waals surface area contributed by atoms with Gasteiger partial charge in [0.1, 0.15) is 6.33 Å². The minimum Gasteiger partial charge on any atom is -0.493 e. The van der Waals surface area contributed by atoms with Gasteiger partial charge in [-0.1, -0.05) is 12.1 Å². The number of benzene rings is 2. The summed E-state index contributed by atoms with van der Waals surface area (Å²) in [5.74, 6) is 1.23. The summed E-state index contributed by atoms with van der Waals surface area (Å²) >= 11 is 0. The van der Waals surface area contributed by atoms with E-state index in [-0.39, 0.29) is 6.04 Å². The van der Waals surface area contributed by atoms with Crippen LogP contribution in [0, 0.1) is 0 Å². The van der Waals surface area contributed by atoms with Crippen LogP contribution in [0.1, 0.15) is 11.1 Å². The molecular formula is C19H19N3O4S. The molecule has 0 aliphatic heterocycles. The third-order valence-electron chi connectivity index (χ3n) is 4.84. The lowest BCUT2D eigenvalue weighted by molar-refractivity contribution is 0.356. The van der Waals surface area contributed by atoms with E-state index in [9.17, 15) is 8.42 Å². The minimum absolute atomic E-state index is 0.0807. The first-order valence-corrected chi connectivity index (χ1v) is 9.66. The van der Waals surface area contributed by atoms with Crippen molar-refractivity contribution in [1.29, 1.82) is 0 Å². The van der Waals surface area contributed by atoms with Crippen molar-refractivity contribution >= 4 is 21.8 Å². The maximum absolute atomic E-state index is 10.9. The molecule has 1 heterocycles. The highest BCUT2D eigenvalue weighted by atomic mass is 32.2. The topological polar surface area (TPSA) is 90.4 Å². The minimum atomic E-state index is -2.60. The summed E-state index contributed by atoms with van der Waals surface area (Å²) in [5.41, 5.74) is 4.82. The molecule has 1 unspecified atom stereocenters. The molecule has 1 aromatic heterocycles. The Kier molecular flexibility index (Phi) is 4.67. The molecule has 3 aromatic rings. The Morgan fingerprint density at radius 3 is 2.48 bits per heavy atom. The molecule has 0 amide bonds. The van der Waals surface area contributed by atoms with Crippen LogP contribution < -0.4 is 14.2 Å². The molecule has 0 saturated carbocycles. The molecular weight excluding hydrogens is 366 g/mol. The molecule has 4 rings (SSSR count). The van der Waals surface area contributed by atoms with Gasteiger partial charge in [0.15, 0.2) is 11.5 Å². The summed E-state index contributed by atoms with van der Waals surface area (Å²) in [7, 11) is 0.587. The molecule has 2 aromatic carbocycles. The quantitative estimate of drug-likeness (QED) is 0.652. The van der Waals surface area contributed by atoms with Crippen LogP contribution in [0.5, 0.6) is 11.5 Å². The van der Waals surface area contributed by atoms with Crippen LogP contribution >= 0.6 is 0 Å². The van der Waals surface area contributed by atoms with Crippen LogP contribution in [0.4, 0.5) is 0 Å². The van der Waals surface area contributed by atoms with E-state index in [1.807, 2.05) is 24.3 Å². The van der Waals surface area contributed by atoms with Crippen molar-refractivity contribution < 1.29 is 17.9 Å². The van der Waals surface area contributed by atoms with Gasteiger partial charge in [-0.2, -0.15) is 0 Å². The summed E-state index contributed by atoms with van der Waals surface area (Å²) in [6, 6.07) is 9.76. The molecule has 7 nitrogen and oxygen atoms in total. The molecule has 0 saturated heterocycles. The fourth-order valence-corrected chi connectivity index (χ4v) is 4.10. The number of fused-ring (bicyclic) bond motifs is 2. The molecule has 1 aliphatic carbocycles. The molecule has 1 atom stereocenters. The van der Waals surface area contributed by atoms with Gasteiger partial charge < -0.3 is 9.47 Å². The molecule has 0 bridgehead atoms. The Bertz CT molecular complexity index is 1090. The average Bonchev–Trinajstić information content (AvgIpc) is 3.06. The number of nitrogens with zero attached hydrogens (tertiary/aromatic N) is 2. The van der Waals surface area contributed by atoms with E-state index in [1.54, 1.807) is 14.2 Å². The fraction of sp³-hybridized carbons (Fsp3) is 0.263. The van der Waals surface area contributed by atoms with E-state index in [0.717, 1.165) is 33.3 Å². The van der Waals surface area contributed by atoms with Crippen molar-refractivity contribution in [2.45, 2.75) is 18.9 Å². The molecule has 27 heavy (non-hydrogen) atoms. The van der Waals surface area contributed by atoms with E-state index in [2.05, 4.69) is 20.8 Å². The van der Waals surface area contributed by atoms with E-state index in [0.29, 0.717) is 24.3 Å². The maximum atomic E-state index is 10.9. The molecule has 1 aliphatic rings. The van der Waals surface area contributed by atoms with Gasteiger partial charge in [-0.3, -0.25) is 0 Å². The summed E-state index contributed by atoms with van der Waals surface area (Å²) in [6.07, 6.45) is 2.91. The summed E-state index contributed by atoms with van der Waals surface area (Å²) < 4.78 is 35.3. The Labute approximate surface area is 158 Å². The highest BCUT2D eigenvalue weighted by molar-refractivity contribution is 7.70. The number of hydrogen-bond acceptors (Lipinski definition) is 6. The van der Waals surface area contributed by atoms with Gasteiger partial charge in [0.25, 0.3) is 0 Å². The number of rotatable bonds is 5. The lowest BCUT2D eigenvalue weighted by Gasteiger charge is -2.11. The lowest BCUT2D eigenvalue weighted by Crippen LogP contribution is -2.27. The fourth-order valence-electron chi connectivity index (χ4n) is 3.62. The Morgan fingerprint density at radius 1 is 1.00 bits per heavy atom. The number of ether oxygens (including phenoxy) is 2. The number of thiol groups is 1. The van der Waals surface area contributed by atoms with Gasteiger partial charge in [-0.25, -0.2) is 23.1 Å². The van der Waals surface area contributed by atoms with Crippen LogP contribution in [-0.4, -0.2) is 38.6 Å². The molecule has 8 heteroatoms. The number of nitrogens with one attached hydrogen (secondary N) is 1. The normalized spacial score (nSPS) is 15.9. The Balaban J connectivity index is 1.78. The first-order chi connectivity index (χ1) is 13.1. The summed E-state index contributed by atoms with van der Waals surface area (Å²) in [4.78, 5) is 8.83. The van der Waals surface area contributed by atoms with Crippen molar-refractivity contribution in [2.24, 2.45) is 0 Å². The highest BCUT2D eigenvalue weighted by Crippen LogP contribution is 2.36. The van der Waals surface area contributed by atoms with E-state index in [4.69, 9.17) is 9.47 Å². The van der Waals surface area contributed by atoms with Crippen LogP contribution in [0.15, 0.2) is 36.7 Å². The van der Waals surface area contributed by atoms with Crippen molar-refractivity contribution in [3.05, 3.63) is 47.8 Å². The van der Waals surface area contributed by atoms with Gasteiger partial charge >= 0.3 is 0 Å². The second-order valence-corrected chi connectivity index (χ2v) is 7.19. The first kappa shape index (κ1) is 17.7. The van der Waals surface area contributed by atoms with Gasteiger partial charge in [0.05, 0.1) is 25.4 Å². The number of aromatic nitrogens is 2. The maximum Gasteiger partial charge on any atom is 0.201 e. The lowest BCUT2D eigenvalue weighted by atomic mass is 10.0. The SMILES string of the molecule is COc1cc2ncnc(-c3ccc4c(c3)CC(N[SH](=O)=O)C4)c2cc1OC. The van der Waals surface area contributed by atoms with Crippen molar-refractivity contribution in [3.63, 3.8) is 0 Å². The molecule has 0 fully saturated rings. The Morgan fingerprint density at radius 2 is 1.74 bits per heavy atom. The zero-order valence-electron chi connectivity index (χ0n) is 14.9. The number of hydrogen-bond donors (Lipinski definition) is 2. The smallest absolute Gasteiger partial charge is 0.201 e. The predicted octanol–water partition coefficient (Wildman–Crippen LogP) is 1.90. The standard InChI is InChI=1S/C19H19N3O4S/c1-25-17-8-15-16(9-18(17)26-2)20-10-21-19(15)12-4-3-11-6-14(22-27(23)24)7-13(11)5-12/h3-5,8-10,14,27H,6-7H2,1-2H3,(H,22,23,24).